The van der Waals surface area contributed by atoms with Crippen LogP contribution in [-0.4, -0.2) is 34.8 Å². The SMILES string of the molecule is CC(=O)O.COc1ccc(C2CC(c3ccccc3)=NN2C(=O)C=Cc2ccccc2)cc1. The van der Waals surface area contributed by atoms with Crippen molar-refractivity contribution in [1.29, 1.82) is 0 Å². The van der Waals surface area contributed by atoms with E-state index in [9.17, 15) is 4.79 Å². The first-order valence-corrected chi connectivity index (χ1v) is 10.5. The molecule has 0 aliphatic carbocycles. The third kappa shape index (κ3) is 6.64. The van der Waals surface area contributed by atoms with E-state index in [2.05, 4.69) is 5.10 Å². The second kappa shape index (κ2) is 11.4. The van der Waals surface area contributed by atoms with Crippen molar-refractivity contribution in [3.63, 3.8) is 0 Å². The number of hydrogen-bond donors (Lipinski definition) is 1. The molecule has 0 radical (unpaired) electrons. The minimum absolute atomic E-state index is 0.138. The molecule has 3 aromatic carbocycles. The standard InChI is InChI=1S/C25H22N2O2.C2H4O2/c1-29-22-15-13-21(14-16-22)24-18-23(20-10-6-3-7-11-20)26-27(24)25(28)17-12-19-8-4-2-5-9-19;1-2(3)4/h2-17,24H,18H2,1H3;1H3,(H,3,4). The van der Waals surface area contributed by atoms with E-state index < -0.39 is 5.97 Å². The molecule has 1 amide bonds. The van der Waals surface area contributed by atoms with E-state index in [1.165, 1.54) is 0 Å². The van der Waals surface area contributed by atoms with Gasteiger partial charge < -0.3 is 9.84 Å². The van der Waals surface area contributed by atoms with Gasteiger partial charge in [0, 0.05) is 19.4 Å². The normalized spacial score (nSPS) is 14.9. The summed E-state index contributed by atoms with van der Waals surface area (Å²) >= 11 is 0. The highest BCUT2D eigenvalue weighted by Gasteiger charge is 2.32. The summed E-state index contributed by atoms with van der Waals surface area (Å²) in [7, 11) is 1.64. The third-order valence-electron chi connectivity index (χ3n) is 4.96. The van der Waals surface area contributed by atoms with Crippen molar-refractivity contribution in [3.05, 3.63) is 108 Å². The molecule has 1 aliphatic heterocycles. The van der Waals surface area contributed by atoms with Crippen molar-refractivity contribution < 1.29 is 19.4 Å². The largest absolute Gasteiger partial charge is 0.497 e. The molecular weight excluding hydrogens is 416 g/mol. The van der Waals surface area contributed by atoms with Gasteiger partial charge >= 0.3 is 0 Å². The quantitative estimate of drug-likeness (QED) is 0.553. The molecule has 0 fully saturated rings. The third-order valence-corrected chi connectivity index (χ3v) is 4.96. The summed E-state index contributed by atoms with van der Waals surface area (Å²) in [6, 6.07) is 27.5. The Labute approximate surface area is 193 Å². The fraction of sp³-hybridized carbons (Fsp3) is 0.148. The topological polar surface area (TPSA) is 79.2 Å². The van der Waals surface area contributed by atoms with Crippen LogP contribution in [0.5, 0.6) is 5.75 Å². The number of carbonyl (C=O) groups excluding carboxylic acids is 1. The number of nitrogens with zero attached hydrogens (tertiary/aromatic N) is 2. The van der Waals surface area contributed by atoms with E-state index in [0.29, 0.717) is 6.42 Å². The van der Waals surface area contributed by atoms with Crippen molar-refractivity contribution >= 4 is 23.7 Å². The van der Waals surface area contributed by atoms with E-state index in [-0.39, 0.29) is 11.9 Å². The molecule has 6 heteroatoms. The van der Waals surface area contributed by atoms with Gasteiger partial charge in [0.2, 0.25) is 0 Å². The summed E-state index contributed by atoms with van der Waals surface area (Å²) in [6.07, 6.45) is 4.08. The number of carboxylic acid groups (broad SMARTS) is 1. The molecule has 0 saturated carbocycles. The molecule has 3 aromatic rings. The number of amides is 1. The number of methoxy groups -OCH3 is 1. The maximum atomic E-state index is 13.0. The lowest BCUT2D eigenvalue weighted by molar-refractivity contribution is -0.134. The summed E-state index contributed by atoms with van der Waals surface area (Å²) in [6.45, 7) is 1.08. The van der Waals surface area contributed by atoms with Crippen LogP contribution < -0.4 is 4.74 Å². The second-order valence-corrected chi connectivity index (χ2v) is 7.35. The van der Waals surface area contributed by atoms with Crippen LogP contribution in [0.15, 0.2) is 96.1 Å². The Morgan fingerprint density at radius 2 is 1.55 bits per heavy atom. The van der Waals surface area contributed by atoms with E-state index in [1.807, 2.05) is 91.0 Å². The Kier molecular flexibility index (Phi) is 8.13. The number of carboxylic acids is 1. The lowest BCUT2D eigenvalue weighted by Crippen LogP contribution is -2.25. The van der Waals surface area contributed by atoms with Crippen LogP contribution in [0.3, 0.4) is 0 Å². The van der Waals surface area contributed by atoms with Crippen LogP contribution in [0.1, 0.15) is 36.1 Å². The number of hydrazone groups is 1. The van der Waals surface area contributed by atoms with Gasteiger partial charge in [-0.3, -0.25) is 9.59 Å². The van der Waals surface area contributed by atoms with Crippen LogP contribution in [0.25, 0.3) is 6.08 Å². The summed E-state index contributed by atoms with van der Waals surface area (Å²) in [4.78, 5) is 22.0. The van der Waals surface area contributed by atoms with Crippen molar-refractivity contribution in [2.45, 2.75) is 19.4 Å². The van der Waals surface area contributed by atoms with Gasteiger partial charge in [0.05, 0.1) is 18.9 Å². The predicted octanol–water partition coefficient (Wildman–Crippen LogP) is 5.18. The zero-order valence-corrected chi connectivity index (χ0v) is 18.6. The molecule has 1 heterocycles. The monoisotopic (exact) mass is 442 g/mol. The number of ether oxygens (including phenoxy) is 1. The zero-order valence-electron chi connectivity index (χ0n) is 18.6. The number of hydrogen-bond acceptors (Lipinski definition) is 4. The van der Waals surface area contributed by atoms with Gasteiger partial charge in [-0.05, 0) is 34.9 Å². The van der Waals surface area contributed by atoms with E-state index in [4.69, 9.17) is 14.6 Å². The first-order valence-electron chi connectivity index (χ1n) is 10.5. The van der Waals surface area contributed by atoms with Gasteiger partial charge in [-0.1, -0.05) is 72.8 Å². The zero-order chi connectivity index (χ0) is 23.6. The first kappa shape index (κ1) is 23.5. The smallest absolute Gasteiger partial charge is 0.300 e. The average Bonchev–Trinajstić information content (AvgIpc) is 3.29. The molecule has 33 heavy (non-hydrogen) atoms. The van der Waals surface area contributed by atoms with Gasteiger partial charge in [0.25, 0.3) is 11.9 Å². The van der Waals surface area contributed by atoms with Crippen LogP contribution in [0, 0.1) is 0 Å². The Morgan fingerprint density at radius 1 is 0.970 bits per heavy atom. The minimum atomic E-state index is -0.833. The van der Waals surface area contributed by atoms with Crippen molar-refractivity contribution in [1.82, 2.24) is 5.01 Å². The molecule has 1 N–H and O–H groups in total. The van der Waals surface area contributed by atoms with Gasteiger partial charge in [-0.25, -0.2) is 5.01 Å². The number of benzene rings is 3. The maximum absolute atomic E-state index is 13.0. The van der Waals surface area contributed by atoms with Crippen molar-refractivity contribution in [3.8, 4) is 5.75 Å². The molecule has 0 bridgehead atoms. The Morgan fingerprint density at radius 3 is 2.12 bits per heavy atom. The van der Waals surface area contributed by atoms with Crippen molar-refractivity contribution in [2.75, 3.05) is 7.11 Å². The van der Waals surface area contributed by atoms with Crippen LogP contribution in [0.4, 0.5) is 0 Å². The van der Waals surface area contributed by atoms with Gasteiger partial charge in [-0.15, -0.1) is 0 Å². The highest BCUT2D eigenvalue weighted by Crippen LogP contribution is 2.33. The van der Waals surface area contributed by atoms with Crippen LogP contribution in [-0.2, 0) is 9.59 Å². The molecule has 1 atom stereocenters. The highest BCUT2D eigenvalue weighted by atomic mass is 16.5. The van der Waals surface area contributed by atoms with Crippen LogP contribution in [0.2, 0.25) is 0 Å². The van der Waals surface area contributed by atoms with Gasteiger partial charge in [0.1, 0.15) is 5.75 Å². The molecular formula is C27H26N2O4. The first-order chi connectivity index (χ1) is 16.0. The molecule has 0 saturated heterocycles. The molecule has 6 nitrogen and oxygen atoms in total. The molecule has 168 valence electrons. The second-order valence-electron chi connectivity index (χ2n) is 7.35. The molecule has 1 unspecified atom stereocenters. The summed E-state index contributed by atoms with van der Waals surface area (Å²) in [5.74, 6) is -0.182. The van der Waals surface area contributed by atoms with E-state index in [0.717, 1.165) is 35.1 Å². The predicted molar refractivity (Wildman–Crippen MR) is 129 cm³/mol. The maximum Gasteiger partial charge on any atom is 0.300 e. The number of rotatable bonds is 5. The average molecular weight is 443 g/mol. The van der Waals surface area contributed by atoms with Crippen LogP contribution >= 0.6 is 0 Å². The fourth-order valence-corrected chi connectivity index (χ4v) is 3.41. The highest BCUT2D eigenvalue weighted by molar-refractivity contribution is 6.04. The number of carbonyl (C=O) groups is 2. The van der Waals surface area contributed by atoms with E-state index in [1.54, 1.807) is 18.2 Å². The Balaban J connectivity index is 0.000000709. The molecule has 1 aliphatic rings. The number of aliphatic carboxylic acids is 1. The van der Waals surface area contributed by atoms with Crippen molar-refractivity contribution in [2.24, 2.45) is 5.10 Å². The Bertz CT molecular complexity index is 1120. The van der Waals surface area contributed by atoms with Gasteiger partial charge in [0.15, 0.2) is 0 Å². The fourth-order valence-electron chi connectivity index (χ4n) is 3.41. The van der Waals surface area contributed by atoms with E-state index >= 15 is 0 Å². The lowest BCUT2D eigenvalue weighted by atomic mass is 9.98. The summed E-state index contributed by atoms with van der Waals surface area (Å²) in [5.41, 5.74) is 3.96. The Hall–Kier alpha value is -4.19. The van der Waals surface area contributed by atoms with Gasteiger partial charge in [-0.2, -0.15) is 5.10 Å². The summed E-state index contributed by atoms with van der Waals surface area (Å²) in [5, 5.41) is 13.7. The lowest BCUT2D eigenvalue weighted by Gasteiger charge is -2.21. The molecule has 4 rings (SSSR count). The minimum Gasteiger partial charge on any atom is -0.497 e. The molecule has 0 aromatic heterocycles. The summed E-state index contributed by atoms with van der Waals surface area (Å²) < 4.78 is 5.26. The molecule has 0 spiro atoms.